The van der Waals surface area contributed by atoms with Crippen LogP contribution in [0.2, 0.25) is 0 Å². The van der Waals surface area contributed by atoms with Crippen molar-refractivity contribution in [1.29, 1.82) is 0 Å². The standard InChI is InChI=1S/C14H31N3O2S/c1-6-14(4,11-15-13(2)3)12-16-7-9-17(10-8-16)20(5,18)19/h13,15H,6-12H2,1-5H3. The molecule has 1 aliphatic rings. The monoisotopic (exact) mass is 305 g/mol. The molecule has 1 atom stereocenters. The maximum absolute atomic E-state index is 11.5. The maximum atomic E-state index is 11.5. The van der Waals surface area contributed by atoms with Gasteiger partial charge in [0.1, 0.15) is 0 Å². The zero-order valence-electron chi connectivity index (χ0n) is 13.6. The first kappa shape index (κ1) is 17.9. The molecule has 0 aromatic heterocycles. The minimum atomic E-state index is -3.03. The van der Waals surface area contributed by atoms with E-state index in [-0.39, 0.29) is 5.41 Å². The third kappa shape index (κ3) is 5.68. The molecular weight excluding hydrogens is 274 g/mol. The van der Waals surface area contributed by atoms with Gasteiger partial charge in [0.25, 0.3) is 0 Å². The Morgan fingerprint density at radius 3 is 2.15 bits per heavy atom. The topological polar surface area (TPSA) is 52.6 Å². The third-order valence-electron chi connectivity index (χ3n) is 4.20. The summed E-state index contributed by atoms with van der Waals surface area (Å²) >= 11 is 0. The number of nitrogens with one attached hydrogen (secondary N) is 1. The summed E-state index contributed by atoms with van der Waals surface area (Å²) in [5.74, 6) is 0. The van der Waals surface area contributed by atoms with Crippen LogP contribution in [0.3, 0.4) is 0 Å². The van der Waals surface area contributed by atoms with Crippen molar-refractivity contribution in [1.82, 2.24) is 14.5 Å². The van der Waals surface area contributed by atoms with E-state index in [4.69, 9.17) is 0 Å². The second-order valence-electron chi connectivity index (χ2n) is 6.64. The van der Waals surface area contributed by atoms with Crippen molar-refractivity contribution < 1.29 is 8.42 Å². The van der Waals surface area contributed by atoms with Crippen LogP contribution in [0.25, 0.3) is 0 Å². The van der Waals surface area contributed by atoms with Gasteiger partial charge in [-0.05, 0) is 11.8 Å². The minimum Gasteiger partial charge on any atom is -0.314 e. The third-order valence-corrected chi connectivity index (χ3v) is 5.50. The van der Waals surface area contributed by atoms with Gasteiger partial charge in [-0.15, -0.1) is 0 Å². The van der Waals surface area contributed by atoms with Crippen LogP contribution in [0.5, 0.6) is 0 Å². The van der Waals surface area contributed by atoms with Gasteiger partial charge < -0.3 is 10.2 Å². The fraction of sp³-hybridized carbons (Fsp3) is 1.00. The number of piperazine rings is 1. The molecule has 120 valence electrons. The smallest absolute Gasteiger partial charge is 0.211 e. The molecule has 5 nitrogen and oxygen atoms in total. The highest BCUT2D eigenvalue weighted by molar-refractivity contribution is 7.88. The maximum Gasteiger partial charge on any atom is 0.211 e. The predicted octanol–water partition coefficient (Wildman–Crippen LogP) is 0.978. The largest absolute Gasteiger partial charge is 0.314 e. The molecule has 1 rings (SSSR count). The first-order valence-corrected chi connectivity index (χ1v) is 9.42. The molecule has 0 bridgehead atoms. The van der Waals surface area contributed by atoms with Gasteiger partial charge in [-0.3, -0.25) is 0 Å². The normalized spacial score (nSPS) is 22.1. The van der Waals surface area contributed by atoms with Gasteiger partial charge in [0.15, 0.2) is 0 Å². The number of hydrogen-bond acceptors (Lipinski definition) is 4. The number of sulfonamides is 1. The van der Waals surface area contributed by atoms with Crippen molar-refractivity contribution >= 4 is 10.0 Å². The van der Waals surface area contributed by atoms with Crippen molar-refractivity contribution in [3.8, 4) is 0 Å². The summed E-state index contributed by atoms with van der Waals surface area (Å²) in [7, 11) is -3.03. The molecule has 1 fully saturated rings. The van der Waals surface area contributed by atoms with Crippen molar-refractivity contribution in [2.24, 2.45) is 5.41 Å². The molecule has 1 saturated heterocycles. The number of rotatable bonds is 7. The summed E-state index contributed by atoms with van der Waals surface area (Å²) in [6.45, 7) is 13.8. The van der Waals surface area contributed by atoms with Crippen molar-refractivity contribution in [3.63, 3.8) is 0 Å². The van der Waals surface area contributed by atoms with Crippen LogP contribution >= 0.6 is 0 Å². The molecule has 1 unspecified atom stereocenters. The van der Waals surface area contributed by atoms with E-state index in [1.165, 1.54) is 6.26 Å². The van der Waals surface area contributed by atoms with Crippen LogP contribution in [0.4, 0.5) is 0 Å². The molecular formula is C14H31N3O2S. The highest BCUT2D eigenvalue weighted by Gasteiger charge is 2.29. The molecule has 0 aromatic rings. The van der Waals surface area contributed by atoms with E-state index in [1.54, 1.807) is 4.31 Å². The van der Waals surface area contributed by atoms with Gasteiger partial charge in [0.2, 0.25) is 10.0 Å². The quantitative estimate of drug-likeness (QED) is 0.762. The van der Waals surface area contributed by atoms with Crippen LogP contribution in [0.1, 0.15) is 34.1 Å². The lowest BCUT2D eigenvalue weighted by molar-refractivity contribution is 0.117. The van der Waals surface area contributed by atoms with Crippen LogP contribution in [-0.2, 0) is 10.0 Å². The number of nitrogens with zero attached hydrogens (tertiary/aromatic N) is 2. The Morgan fingerprint density at radius 1 is 1.20 bits per heavy atom. The molecule has 1 N–H and O–H groups in total. The predicted molar refractivity (Wildman–Crippen MR) is 84.4 cm³/mol. The summed E-state index contributed by atoms with van der Waals surface area (Å²) in [5.41, 5.74) is 0.248. The molecule has 0 aromatic carbocycles. The molecule has 1 aliphatic heterocycles. The second kappa shape index (κ2) is 7.20. The zero-order chi connectivity index (χ0) is 15.4. The average Bonchev–Trinajstić information content (AvgIpc) is 2.36. The molecule has 0 radical (unpaired) electrons. The van der Waals surface area contributed by atoms with E-state index in [9.17, 15) is 8.42 Å². The Kier molecular flexibility index (Phi) is 6.44. The SMILES string of the molecule is CCC(C)(CNC(C)C)CN1CCN(S(C)(=O)=O)CC1. The molecule has 20 heavy (non-hydrogen) atoms. The summed E-state index contributed by atoms with van der Waals surface area (Å²) in [6, 6.07) is 0.503. The molecule has 0 aliphatic carbocycles. The van der Waals surface area contributed by atoms with E-state index in [0.717, 1.165) is 32.6 Å². The lowest BCUT2D eigenvalue weighted by Crippen LogP contribution is -2.52. The van der Waals surface area contributed by atoms with Gasteiger partial charge in [-0.25, -0.2) is 8.42 Å². The summed E-state index contributed by atoms with van der Waals surface area (Å²) < 4.78 is 24.6. The minimum absolute atomic E-state index is 0.248. The van der Waals surface area contributed by atoms with E-state index in [2.05, 4.69) is 37.9 Å². The molecule has 0 saturated carbocycles. The molecule has 0 spiro atoms. The first-order valence-electron chi connectivity index (χ1n) is 7.57. The fourth-order valence-corrected chi connectivity index (χ4v) is 3.33. The van der Waals surface area contributed by atoms with Gasteiger partial charge >= 0.3 is 0 Å². The fourth-order valence-electron chi connectivity index (χ4n) is 2.50. The van der Waals surface area contributed by atoms with Crippen LogP contribution < -0.4 is 5.32 Å². The van der Waals surface area contributed by atoms with Gasteiger partial charge in [0, 0.05) is 45.3 Å². The lowest BCUT2D eigenvalue weighted by atomic mass is 9.86. The van der Waals surface area contributed by atoms with Crippen LogP contribution in [-0.4, -0.2) is 69.2 Å². The van der Waals surface area contributed by atoms with E-state index >= 15 is 0 Å². The van der Waals surface area contributed by atoms with Crippen molar-refractivity contribution in [2.75, 3.05) is 45.5 Å². The van der Waals surface area contributed by atoms with Crippen molar-refractivity contribution in [3.05, 3.63) is 0 Å². The summed E-state index contributed by atoms with van der Waals surface area (Å²) in [4.78, 5) is 2.40. The Bertz CT molecular complexity index is 389. The Labute approximate surface area is 124 Å². The van der Waals surface area contributed by atoms with Crippen LogP contribution in [0, 0.1) is 5.41 Å². The van der Waals surface area contributed by atoms with E-state index < -0.39 is 10.0 Å². The molecule has 1 heterocycles. The zero-order valence-corrected chi connectivity index (χ0v) is 14.5. The summed E-state index contributed by atoms with van der Waals surface area (Å²) in [6.07, 6.45) is 2.42. The Morgan fingerprint density at radius 2 is 1.75 bits per heavy atom. The Balaban J connectivity index is 2.48. The van der Waals surface area contributed by atoms with Gasteiger partial charge in [-0.2, -0.15) is 4.31 Å². The average molecular weight is 305 g/mol. The second-order valence-corrected chi connectivity index (χ2v) is 8.62. The molecule has 0 amide bonds. The first-order chi connectivity index (χ1) is 9.16. The van der Waals surface area contributed by atoms with E-state index in [0.29, 0.717) is 19.1 Å². The van der Waals surface area contributed by atoms with E-state index in [1.807, 2.05) is 0 Å². The van der Waals surface area contributed by atoms with Crippen molar-refractivity contribution in [2.45, 2.75) is 40.2 Å². The van der Waals surface area contributed by atoms with Crippen LogP contribution in [0.15, 0.2) is 0 Å². The molecule has 6 heteroatoms. The highest BCUT2D eigenvalue weighted by Crippen LogP contribution is 2.23. The van der Waals surface area contributed by atoms with Gasteiger partial charge in [-0.1, -0.05) is 27.7 Å². The summed E-state index contributed by atoms with van der Waals surface area (Å²) in [5, 5.41) is 3.53. The highest BCUT2D eigenvalue weighted by atomic mass is 32.2. The number of hydrogen-bond donors (Lipinski definition) is 1. The lowest BCUT2D eigenvalue weighted by Gasteiger charge is -2.39. The Hall–Kier alpha value is -0.170. The van der Waals surface area contributed by atoms with Gasteiger partial charge in [0.05, 0.1) is 6.26 Å².